The number of sulfonamides is 1. The van der Waals surface area contributed by atoms with Crippen molar-refractivity contribution in [3.63, 3.8) is 0 Å². The van der Waals surface area contributed by atoms with Crippen LogP contribution in [0.3, 0.4) is 0 Å². The number of amides is 1. The highest BCUT2D eigenvalue weighted by atomic mass is 35.5. The summed E-state index contributed by atoms with van der Waals surface area (Å²) in [6, 6.07) is 11.9. The Labute approximate surface area is 168 Å². The monoisotopic (exact) mass is 422 g/mol. The van der Waals surface area contributed by atoms with Crippen LogP contribution in [0, 0.1) is 5.92 Å². The van der Waals surface area contributed by atoms with Crippen LogP contribution in [0.5, 0.6) is 0 Å². The number of carbonyl (C=O) groups is 2. The van der Waals surface area contributed by atoms with Crippen molar-refractivity contribution in [1.29, 1.82) is 0 Å². The van der Waals surface area contributed by atoms with Crippen molar-refractivity contribution in [1.82, 2.24) is 4.31 Å². The zero-order valence-electron chi connectivity index (χ0n) is 14.8. The van der Waals surface area contributed by atoms with Gasteiger partial charge in [-0.15, -0.1) is 0 Å². The van der Waals surface area contributed by atoms with E-state index in [4.69, 9.17) is 16.7 Å². The van der Waals surface area contributed by atoms with E-state index in [-0.39, 0.29) is 35.4 Å². The number of carboxylic acid groups (broad SMARTS) is 1. The maximum absolute atomic E-state index is 12.7. The van der Waals surface area contributed by atoms with Gasteiger partial charge < -0.3 is 10.4 Å². The summed E-state index contributed by atoms with van der Waals surface area (Å²) in [6.07, 6.45) is 0.817. The standard InChI is InChI=1S/C19H19ClN2O5S/c20-15-3-7-17(8-4-15)28(26,27)22-11-9-13(10-12-22)18(23)21-16-5-1-14(2-6-16)19(24)25/h1-8,13H,9-12H2,(H,21,23)(H,24,25). The van der Waals surface area contributed by atoms with Crippen molar-refractivity contribution in [3.05, 3.63) is 59.1 Å². The molecule has 2 aromatic rings. The predicted molar refractivity (Wildman–Crippen MR) is 105 cm³/mol. The van der Waals surface area contributed by atoms with Crippen molar-refractivity contribution in [3.8, 4) is 0 Å². The molecule has 7 nitrogen and oxygen atoms in total. The molecule has 1 heterocycles. The topological polar surface area (TPSA) is 104 Å². The van der Waals surface area contributed by atoms with E-state index in [1.165, 1.54) is 52.8 Å². The fourth-order valence-electron chi connectivity index (χ4n) is 3.05. The van der Waals surface area contributed by atoms with Crippen LogP contribution >= 0.6 is 11.6 Å². The molecular formula is C19H19ClN2O5S. The molecular weight excluding hydrogens is 404 g/mol. The minimum Gasteiger partial charge on any atom is -0.478 e. The highest BCUT2D eigenvalue weighted by molar-refractivity contribution is 7.89. The number of carbonyl (C=O) groups excluding carboxylic acids is 1. The van der Waals surface area contributed by atoms with Gasteiger partial charge in [0, 0.05) is 29.7 Å². The van der Waals surface area contributed by atoms with E-state index in [2.05, 4.69) is 5.32 Å². The molecule has 1 fully saturated rings. The third kappa shape index (κ3) is 4.52. The van der Waals surface area contributed by atoms with Gasteiger partial charge in [0.2, 0.25) is 15.9 Å². The SMILES string of the molecule is O=C(O)c1ccc(NC(=O)C2CCN(S(=O)(=O)c3ccc(Cl)cc3)CC2)cc1. The Morgan fingerprint density at radius 2 is 1.57 bits per heavy atom. The summed E-state index contributed by atoms with van der Waals surface area (Å²) in [6.45, 7) is 0.502. The smallest absolute Gasteiger partial charge is 0.335 e. The molecule has 0 unspecified atom stereocenters. The molecule has 0 spiro atoms. The Morgan fingerprint density at radius 1 is 1.00 bits per heavy atom. The molecule has 1 saturated heterocycles. The second kappa shape index (κ2) is 8.30. The van der Waals surface area contributed by atoms with Crippen LogP contribution in [0.2, 0.25) is 5.02 Å². The van der Waals surface area contributed by atoms with Gasteiger partial charge in [-0.1, -0.05) is 11.6 Å². The minimum absolute atomic E-state index is 0.138. The first-order valence-electron chi connectivity index (χ1n) is 8.67. The number of anilines is 1. The molecule has 0 aliphatic carbocycles. The zero-order valence-corrected chi connectivity index (χ0v) is 16.4. The van der Waals surface area contributed by atoms with E-state index < -0.39 is 16.0 Å². The van der Waals surface area contributed by atoms with Gasteiger partial charge in [0.25, 0.3) is 0 Å². The summed E-state index contributed by atoms with van der Waals surface area (Å²) in [5, 5.41) is 12.1. The highest BCUT2D eigenvalue weighted by Gasteiger charge is 2.32. The lowest BCUT2D eigenvalue weighted by molar-refractivity contribution is -0.120. The van der Waals surface area contributed by atoms with E-state index in [1.807, 2.05) is 0 Å². The highest BCUT2D eigenvalue weighted by Crippen LogP contribution is 2.25. The fraction of sp³-hybridized carbons (Fsp3) is 0.263. The number of aromatic carboxylic acids is 1. The van der Waals surface area contributed by atoms with Gasteiger partial charge in [-0.2, -0.15) is 4.31 Å². The van der Waals surface area contributed by atoms with E-state index in [0.717, 1.165) is 0 Å². The molecule has 1 amide bonds. The Balaban J connectivity index is 1.59. The fourth-order valence-corrected chi connectivity index (χ4v) is 4.65. The van der Waals surface area contributed by atoms with Gasteiger partial charge in [0.05, 0.1) is 10.5 Å². The Kier molecular flexibility index (Phi) is 6.02. The number of carboxylic acids is 1. The van der Waals surface area contributed by atoms with Crippen molar-refractivity contribution in [2.24, 2.45) is 5.92 Å². The average molecular weight is 423 g/mol. The zero-order chi connectivity index (χ0) is 20.3. The lowest BCUT2D eigenvalue weighted by Crippen LogP contribution is -2.41. The van der Waals surface area contributed by atoms with Crippen LogP contribution in [-0.2, 0) is 14.8 Å². The number of hydrogen-bond donors (Lipinski definition) is 2. The molecule has 0 saturated carbocycles. The van der Waals surface area contributed by atoms with Crippen molar-refractivity contribution in [2.75, 3.05) is 18.4 Å². The lowest BCUT2D eigenvalue weighted by Gasteiger charge is -2.30. The van der Waals surface area contributed by atoms with E-state index in [0.29, 0.717) is 23.6 Å². The van der Waals surface area contributed by atoms with Gasteiger partial charge in [-0.3, -0.25) is 4.79 Å². The second-order valence-corrected chi connectivity index (χ2v) is 8.88. The number of piperidine rings is 1. The summed E-state index contributed by atoms with van der Waals surface area (Å²) in [5.74, 6) is -1.55. The molecule has 3 rings (SSSR count). The number of benzene rings is 2. The number of rotatable bonds is 5. The summed E-state index contributed by atoms with van der Waals surface area (Å²) < 4.78 is 26.8. The quantitative estimate of drug-likeness (QED) is 0.770. The molecule has 1 aliphatic rings. The molecule has 148 valence electrons. The van der Waals surface area contributed by atoms with Crippen LogP contribution in [-0.4, -0.2) is 42.8 Å². The van der Waals surface area contributed by atoms with Crippen molar-refractivity contribution >= 4 is 39.2 Å². The van der Waals surface area contributed by atoms with E-state index in [9.17, 15) is 18.0 Å². The first-order valence-corrected chi connectivity index (χ1v) is 10.5. The third-order valence-electron chi connectivity index (χ3n) is 4.68. The van der Waals surface area contributed by atoms with Crippen LogP contribution in [0.4, 0.5) is 5.69 Å². The summed E-state index contributed by atoms with van der Waals surface area (Å²) in [7, 11) is -3.61. The molecule has 0 atom stereocenters. The Bertz CT molecular complexity index is 966. The Hall–Kier alpha value is -2.42. The van der Waals surface area contributed by atoms with Gasteiger partial charge in [-0.05, 0) is 61.4 Å². The maximum atomic E-state index is 12.7. The molecule has 2 aromatic carbocycles. The second-order valence-electron chi connectivity index (χ2n) is 6.50. The van der Waals surface area contributed by atoms with Crippen molar-refractivity contribution in [2.45, 2.75) is 17.7 Å². The van der Waals surface area contributed by atoms with Gasteiger partial charge >= 0.3 is 5.97 Å². The van der Waals surface area contributed by atoms with Crippen LogP contribution in [0.15, 0.2) is 53.4 Å². The van der Waals surface area contributed by atoms with Crippen molar-refractivity contribution < 1.29 is 23.1 Å². The van der Waals surface area contributed by atoms with Crippen LogP contribution in [0.25, 0.3) is 0 Å². The largest absolute Gasteiger partial charge is 0.478 e. The summed E-state index contributed by atoms with van der Waals surface area (Å²) >= 11 is 5.81. The number of halogens is 1. The van der Waals surface area contributed by atoms with Gasteiger partial charge in [0.1, 0.15) is 0 Å². The van der Waals surface area contributed by atoms with E-state index in [1.54, 1.807) is 0 Å². The van der Waals surface area contributed by atoms with Crippen LogP contribution < -0.4 is 5.32 Å². The molecule has 9 heteroatoms. The van der Waals surface area contributed by atoms with Gasteiger partial charge in [-0.25, -0.2) is 13.2 Å². The predicted octanol–water partition coefficient (Wildman–Crippen LogP) is 3.08. The molecule has 28 heavy (non-hydrogen) atoms. The molecule has 2 N–H and O–H groups in total. The number of nitrogens with one attached hydrogen (secondary N) is 1. The normalized spacial score (nSPS) is 15.9. The maximum Gasteiger partial charge on any atom is 0.335 e. The van der Waals surface area contributed by atoms with Gasteiger partial charge in [0.15, 0.2) is 0 Å². The minimum atomic E-state index is -3.61. The average Bonchev–Trinajstić information content (AvgIpc) is 2.69. The van der Waals surface area contributed by atoms with Crippen LogP contribution in [0.1, 0.15) is 23.2 Å². The number of hydrogen-bond acceptors (Lipinski definition) is 4. The van der Waals surface area contributed by atoms with E-state index >= 15 is 0 Å². The first-order chi connectivity index (χ1) is 13.3. The molecule has 0 aromatic heterocycles. The lowest BCUT2D eigenvalue weighted by atomic mass is 9.97. The third-order valence-corrected chi connectivity index (χ3v) is 6.84. The molecule has 0 radical (unpaired) electrons. The Morgan fingerprint density at radius 3 is 2.11 bits per heavy atom. The summed E-state index contributed by atoms with van der Waals surface area (Å²) in [4.78, 5) is 23.5. The molecule has 1 aliphatic heterocycles. The first kappa shape index (κ1) is 20.3. The number of nitrogens with zero attached hydrogens (tertiary/aromatic N) is 1. The summed E-state index contributed by atoms with van der Waals surface area (Å²) in [5.41, 5.74) is 0.643. The molecule has 0 bridgehead atoms.